The Morgan fingerprint density at radius 2 is 2.04 bits per heavy atom. The number of hydrogen-bond acceptors (Lipinski definition) is 6. The number of nitrogens with one attached hydrogen (secondary N) is 2. The van der Waals surface area contributed by atoms with Crippen molar-refractivity contribution >= 4 is 34.5 Å². The summed E-state index contributed by atoms with van der Waals surface area (Å²) in [5.41, 5.74) is 6.07. The van der Waals surface area contributed by atoms with Gasteiger partial charge in [0.05, 0.1) is 5.69 Å². The van der Waals surface area contributed by atoms with Crippen LogP contribution in [0.3, 0.4) is 0 Å². The summed E-state index contributed by atoms with van der Waals surface area (Å²) in [6.45, 7) is 1.30. The van der Waals surface area contributed by atoms with Crippen molar-refractivity contribution in [1.29, 1.82) is 0 Å². The maximum absolute atomic E-state index is 13.4. The van der Waals surface area contributed by atoms with Gasteiger partial charge in [0, 0.05) is 10.9 Å². The van der Waals surface area contributed by atoms with Gasteiger partial charge in [-0.05, 0) is 30.5 Å². The summed E-state index contributed by atoms with van der Waals surface area (Å²) in [5, 5.41) is 4.62. The number of hydrogen-bond donors (Lipinski definition) is 2. The Morgan fingerprint density at radius 1 is 1.23 bits per heavy atom. The second kappa shape index (κ2) is 8.07. The Labute approximate surface area is 156 Å². The van der Waals surface area contributed by atoms with E-state index in [9.17, 15) is 14.0 Å². The van der Waals surface area contributed by atoms with Gasteiger partial charge in [0.25, 0.3) is 11.8 Å². The van der Waals surface area contributed by atoms with Crippen molar-refractivity contribution in [3.8, 4) is 16.3 Å². The molecule has 3 aromatic rings. The Balaban J connectivity index is 1.54. The number of rotatable bonds is 5. The highest BCUT2D eigenvalue weighted by Crippen LogP contribution is 2.29. The summed E-state index contributed by atoms with van der Waals surface area (Å²) in [7, 11) is 0. The second-order valence-corrected chi connectivity index (χ2v) is 6.95. The van der Waals surface area contributed by atoms with Gasteiger partial charge in [-0.2, -0.15) is 11.3 Å². The minimum atomic E-state index is -0.609. The standard InChI is InChI=1S/C17H14FN3O3S2/c1-10-15(26-17(19-10)11-6-7-25-9-11)16(23)21-20-14(22)8-24-13-5-3-2-4-12(13)18/h2-7,9H,8H2,1H3,(H,20,22)(H,21,23). The van der Waals surface area contributed by atoms with Gasteiger partial charge >= 0.3 is 0 Å². The van der Waals surface area contributed by atoms with Crippen LogP contribution >= 0.6 is 22.7 Å². The zero-order chi connectivity index (χ0) is 18.5. The third kappa shape index (κ3) is 4.24. The van der Waals surface area contributed by atoms with Gasteiger partial charge < -0.3 is 4.74 Å². The monoisotopic (exact) mass is 391 g/mol. The number of carbonyl (C=O) groups excluding carboxylic acids is 2. The maximum atomic E-state index is 13.4. The molecule has 0 aliphatic carbocycles. The van der Waals surface area contributed by atoms with E-state index >= 15 is 0 Å². The van der Waals surface area contributed by atoms with E-state index in [1.807, 2.05) is 16.8 Å². The van der Waals surface area contributed by atoms with E-state index < -0.39 is 24.2 Å². The lowest BCUT2D eigenvalue weighted by Gasteiger charge is -2.08. The number of para-hydroxylation sites is 1. The van der Waals surface area contributed by atoms with E-state index in [0.717, 1.165) is 10.6 Å². The van der Waals surface area contributed by atoms with Crippen molar-refractivity contribution < 1.29 is 18.7 Å². The van der Waals surface area contributed by atoms with Crippen molar-refractivity contribution in [3.05, 3.63) is 57.5 Å². The van der Waals surface area contributed by atoms with Crippen molar-refractivity contribution in [2.45, 2.75) is 6.92 Å². The normalized spacial score (nSPS) is 10.4. The number of aryl methyl sites for hydroxylation is 1. The predicted octanol–water partition coefficient (Wildman–Crippen LogP) is 3.16. The maximum Gasteiger partial charge on any atom is 0.281 e. The number of carbonyl (C=O) groups is 2. The molecule has 0 fully saturated rings. The molecule has 26 heavy (non-hydrogen) atoms. The summed E-state index contributed by atoms with van der Waals surface area (Å²) in [4.78, 5) is 28.8. The van der Waals surface area contributed by atoms with Gasteiger partial charge in [-0.15, -0.1) is 11.3 Å². The third-order valence-electron chi connectivity index (χ3n) is 3.28. The molecule has 0 radical (unpaired) electrons. The largest absolute Gasteiger partial charge is 0.481 e. The van der Waals surface area contributed by atoms with E-state index in [4.69, 9.17) is 4.74 Å². The summed E-state index contributed by atoms with van der Waals surface area (Å²) in [6, 6.07) is 7.67. The highest BCUT2D eigenvalue weighted by molar-refractivity contribution is 7.17. The first kappa shape index (κ1) is 18.0. The van der Waals surface area contributed by atoms with E-state index in [0.29, 0.717) is 10.6 Å². The Morgan fingerprint density at radius 3 is 2.77 bits per heavy atom. The highest BCUT2D eigenvalue weighted by atomic mass is 32.1. The minimum absolute atomic E-state index is 0.0346. The highest BCUT2D eigenvalue weighted by Gasteiger charge is 2.17. The fraction of sp³-hybridized carbons (Fsp3) is 0.118. The lowest BCUT2D eigenvalue weighted by molar-refractivity contribution is -0.123. The number of thiophene rings is 1. The average molecular weight is 391 g/mol. The summed E-state index contributed by atoms with van der Waals surface area (Å²) < 4.78 is 18.5. The Kier molecular flexibility index (Phi) is 5.59. The summed E-state index contributed by atoms with van der Waals surface area (Å²) >= 11 is 2.79. The van der Waals surface area contributed by atoms with Gasteiger partial charge in [0.15, 0.2) is 18.2 Å². The number of amides is 2. The van der Waals surface area contributed by atoms with Crippen LogP contribution in [0.2, 0.25) is 0 Å². The molecule has 2 heterocycles. The van der Waals surface area contributed by atoms with Gasteiger partial charge in [-0.3, -0.25) is 20.4 Å². The first-order valence-electron chi connectivity index (χ1n) is 7.51. The molecule has 0 atom stereocenters. The molecule has 0 bridgehead atoms. The topological polar surface area (TPSA) is 80.3 Å². The third-order valence-corrected chi connectivity index (χ3v) is 5.17. The average Bonchev–Trinajstić information content (AvgIpc) is 3.28. The van der Waals surface area contributed by atoms with Crippen LogP contribution in [-0.2, 0) is 4.79 Å². The number of benzene rings is 1. The van der Waals surface area contributed by atoms with Crippen LogP contribution in [0.5, 0.6) is 5.75 Å². The van der Waals surface area contributed by atoms with E-state index in [2.05, 4.69) is 15.8 Å². The SMILES string of the molecule is Cc1nc(-c2ccsc2)sc1C(=O)NNC(=O)COc1ccccc1F. The summed E-state index contributed by atoms with van der Waals surface area (Å²) in [5.74, 6) is -1.68. The van der Waals surface area contributed by atoms with Crippen molar-refractivity contribution in [3.63, 3.8) is 0 Å². The van der Waals surface area contributed by atoms with Gasteiger partial charge in [-0.1, -0.05) is 12.1 Å². The molecule has 0 unspecified atom stereocenters. The van der Waals surface area contributed by atoms with Crippen LogP contribution in [0.15, 0.2) is 41.1 Å². The van der Waals surface area contributed by atoms with Crippen LogP contribution < -0.4 is 15.6 Å². The molecule has 3 rings (SSSR count). The minimum Gasteiger partial charge on any atom is -0.481 e. The molecule has 0 saturated carbocycles. The van der Waals surface area contributed by atoms with Crippen LogP contribution in [0.25, 0.3) is 10.6 Å². The molecule has 1 aromatic carbocycles. The van der Waals surface area contributed by atoms with Crippen LogP contribution in [0, 0.1) is 12.7 Å². The van der Waals surface area contributed by atoms with Gasteiger partial charge in [-0.25, -0.2) is 9.37 Å². The summed E-state index contributed by atoms with van der Waals surface area (Å²) in [6.07, 6.45) is 0. The van der Waals surface area contributed by atoms with E-state index in [1.165, 1.54) is 29.5 Å². The number of hydrazine groups is 1. The zero-order valence-corrected chi connectivity index (χ0v) is 15.2. The first-order chi connectivity index (χ1) is 12.5. The quantitative estimate of drug-likeness (QED) is 0.655. The zero-order valence-electron chi connectivity index (χ0n) is 13.6. The van der Waals surface area contributed by atoms with Crippen molar-refractivity contribution in [1.82, 2.24) is 15.8 Å². The molecule has 0 aliphatic rings. The van der Waals surface area contributed by atoms with E-state index in [1.54, 1.807) is 24.3 Å². The smallest absolute Gasteiger partial charge is 0.281 e. The number of halogens is 1. The van der Waals surface area contributed by atoms with Crippen LogP contribution in [0.1, 0.15) is 15.4 Å². The molecular weight excluding hydrogens is 377 g/mol. The molecule has 2 amide bonds. The van der Waals surface area contributed by atoms with Crippen molar-refractivity contribution in [2.24, 2.45) is 0 Å². The molecule has 0 saturated heterocycles. The predicted molar refractivity (Wildman–Crippen MR) is 97.7 cm³/mol. The Hall–Kier alpha value is -2.78. The van der Waals surface area contributed by atoms with Gasteiger partial charge in [0.1, 0.15) is 9.88 Å². The lowest BCUT2D eigenvalue weighted by atomic mass is 10.3. The van der Waals surface area contributed by atoms with Crippen LogP contribution in [-0.4, -0.2) is 23.4 Å². The molecule has 2 aromatic heterocycles. The fourth-order valence-electron chi connectivity index (χ4n) is 2.04. The number of ether oxygens (including phenoxy) is 1. The van der Waals surface area contributed by atoms with Crippen LogP contribution in [0.4, 0.5) is 4.39 Å². The number of nitrogens with zero attached hydrogens (tertiary/aromatic N) is 1. The van der Waals surface area contributed by atoms with Crippen molar-refractivity contribution in [2.75, 3.05) is 6.61 Å². The van der Waals surface area contributed by atoms with Gasteiger partial charge in [0.2, 0.25) is 0 Å². The number of thiazole rings is 1. The molecule has 2 N–H and O–H groups in total. The molecule has 0 spiro atoms. The molecule has 9 heteroatoms. The molecule has 6 nitrogen and oxygen atoms in total. The molecule has 0 aliphatic heterocycles. The fourth-order valence-corrected chi connectivity index (χ4v) is 3.71. The van der Waals surface area contributed by atoms with E-state index in [-0.39, 0.29) is 5.75 Å². The number of aromatic nitrogens is 1. The molecular formula is C17H14FN3O3S2. The molecule has 134 valence electrons. The lowest BCUT2D eigenvalue weighted by Crippen LogP contribution is -2.43. The Bertz CT molecular complexity index is 925. The second-order valence-electron chi connectivity index (χ2n) is 5.17. The first-order valence-corrected chi connectivity index (χ1v) is 9.27.